The van der Waals surface area contributed by atoms with Crippen molar-refractivity contribution in [1.29, 1.82) is 0 Å². The van der Waals surface area contributed by atoms with E-state index < -0.39 is 123 Å². The fraction of sp³-hybridized carbons (Fsp3) is 0.956. The molecule has 1 unspecified atom stereocenters. The van der Waals surface area contributed by atoms with E-state index in [-0.39, 0.29) is 34.7 Å². The Balaban J connectivity index is 0.917. The molecule has 0 aromatic heterocycles. The summed E-state index contributed by atoms with van der Waals surface area (Å²) >= 11 is 0. The van der Waals surface area contributed by atoms with Crippen LogP contribution in [0.25, 0.3) is 0 Å². The van der Waals surface area contributed by atoms with Gasteiger partial charge in [0.2, 0.25) is 0 Å². The summed E-state index contributed by atoms with van der Waals surface area (Å²) in [5.74, 6) is -0.00648. The molecule has 5 aliphatic heterocycles. The SMILES string of the molecule is C[C@@H]1C[C@H](O)[C@@]2(OC1O)O[C@H]1C[C@H]3[C@@H]4CC=C5C[C@@H](O[C@@H]6O[C@H](CO)[C@@H](O[C@@H]7O[C@@H](C)[C@H](O)[C@@H](O)[C@H]7O)[C@H](O)[C@H]6O[C@@H]6O[C@@H](C)[C@H](O)[C@@H](O)[C@H]6O)CC[C@]5(C)[C@H]4CC[C@]3(C)[C@H]1[C@@H]2C. The molecule has 0 radical (unpaired) electrons. The second kappa shape index (κ2) is 17.2. The van der Waals surface area contributed by atoms with E-state index in [1.54, 1.807) is 0 Å². The van der Waals surface area contributed by atoms with Crippen molar-refractivity contribution in [1.82, 2.24) is 0 Å². The number of rotatable bonds is 7. The highest BCUT2D eigenvalue weighted by Crippen LogP contribution is 2.71. The van der Waals surface area contributed by atoms with Crippen molar-refractivity contribution >= 4 is 0 Å². The van der Waals surface area contributed by atoms with E-state index in [1.807, 2.05) is 6.92 Å². The lowest BCUT2D eigenvalue weighted by Crippen LogP contribution is -2.66. The number of ether oxygens (including phenoxy) is 8. The highest BCUT2D eigenvalue weighted by Gasteiger charge is 2.71. The normalized spacial score (nSPS) is 59.3. The van der Waals surface area contributed by atoms with Crippen molar-refractivity contribution in [3.8, 4) is 0 Å². The highest BCUT2D eigenvalue weighted by molar-refractivity contribution is 5.26. The number of aliphatic hydroxyl groups excluding tert-OH is 10. The summed E-state index contributed by atoms with van der Waals surface area (Å²) in [5, 5.41) is 108. The van der Waals surface area contributed by atoms with Crippen LogP contribution in [-0.4, -0.2) is 180 Å². The zero-order valence-corrected chi connectivity index (χ0v) is 37.1. The third-order valence-corrected chi connectivity index (χ3v) is 17.8. The molecule has 5 saturated heterocycles. The smallest absolute Gasteiger partial charge is 0.200 e. The van der Waals surface area contributed by atoms with Gasteiger partial charge in [-0.15, -0.1) is 0 Å². The van der Waals surface area contributed by atoms with Gasteiger partial charge in [0.15, 0.2) is 30.9 Å². The summed E-state index contributed by atoms with van der Waals surface area (Å²) in [6, 6.07) is 0. The number of fused-ring (bicyclic) bond motifs is 7. The Morgan fingerprint density at radius 2 is 1.30 bits per heavy atom. The van der Waals surface area contributed by atoms with Crippen LogP contribution in [-0.2, 0) is 37.9 Å². The standard InChI is InChI=1S/C45H72O18/c1-17-13-28(47)45(63-39(17)55)18(2)29-26(62-45)15-25-23-8-7-21-14-22(9-11-43(21,5)24(23)10-12-44(25,29)6)58-42-38(61-41-35(53)33(51)31(49)20(4)57-41)36(54)37(27(16-46)59-42)60-40-34(52)32(50)30(48)19(3)56-40/h7,17-20,22-42,46-55H,8-16H2,1-6H3/t17-,18+,19+,20+,22+,23-,24+,25+,26+,27-,28+,29+,30+,31+,32-,33-,34-,35-,36+,37-,38-,39?,40+,41+,42-,43+,44+,45-/m1/s1. The molecular formula is C45H72O18. The Hall–Kier alpha value is -0.980. The zero-order valence-electron chi connectivity index (χ0n) is 37.1. The summed E-state index contributed by atoms with van der Waals surface area (Å²) < 4.78 is 49.5. The molecule has 0 aromatic carbocycles. The number of aliphatic hydroxyl groups is 10. The van der Waals surface area contributed by atoms with Gasteiger partial charge in [-0.2, -0.15) is 0 Å². The molecule has 9 aliphatic rings. The molecule has 4 aliphatic carbocycles. The minimum atomic E-state index is -1.73. The number of allylic oxidation sites excluding steroid dienone is 1. The number of hydrogen-bond acceptors (Lipinski definition) is 18. The van der Waals surface area contributed by atoms with Crippen molar-refractivity contribution in [2.45, 2.75) is 215 Å². The van der Waals surface area contributed by atoms with Gasteiger partial charge < -0.3 is 89.0 Å². The van der Waals surface area contributed by atoms with Gasteiger partial charge in [-0.05, 0) is 99.7 Å². The zero-order chi connectivity index (χ0) is 45.2. The van der Waals surface area contributed by atoms with Gasteiger partial charge >= 0.3 is 0 Å². The monoisotopic (exact) mass is 900 g/mol. The van der Waals surface area contributed by atoms with Crippen LogP contribution in [0.4, 0.5) is 0 Å². The molecule has 28 atom stereocenters. The van der Waals surface area contributed by atoms with Crippen LogP contribution in [0.1, 0.15) is 92.9 Å². The predicted molar refractivity (Wildman–Crippen MR) is 215 cm³/mol. The average molecular weight is 901 g/mol. The van der Waals surface area contributed by atoms with Gasteiger partial charge in [0.1, 0.15) is 67.1 Å². The van der Waals surface area contributed by atoms with Crippen LogP contribution in [0, 0.1) is 46.3 Å². The second-order valence-corrected chi connectivity index (χ2v) is 21.3. The summed E-state index contributed by atoms with van der Waals surface area (Å²) in [4.78, 5) is 0. The van der Waals surface area contributed by atoms with Crippen LogP contribution in [0.2, 0.25) is 0 Å². The predicted octanol–water partition coefficient (Wildman–Crippen LogP) is -0.469. The Morgan fingerprint density at radius 1 is 0.667 bits per heavy atom. The lowest BCUT2D eigenvalue weighted by molar-refractivity contribution is -0.388. The largest absolute Gasteiger partial charge is 0.394 e. The first-order valence-corrected chi connectivity index (χ1v) is 23.4. The third kappa shape index (κ3) is 7.53. The first kappa shape index (κ1) is 47.1. The number of hydrogen-bond donors (Lipinski definition) is 10. The van der Waals surface area contributed by atoms with Crippen LogP contribution < -0.4 is 0 Å². The van der Waals surface area contributed by atoms with E-state index in [1.165, 1.54) is 19.4 Å². The Kier molecular flexibility index (Phi) is 12.9. The van der Waals surface area contributed by atoms with E-state index in [0.717, 1.165) is 32.1 Å². The van der Waals surface area contributed by atoms with Crippen LogP contribution in [0.15, 0.2) is 11.6 Å². The maximum absolute atomic E-state index is 12.0. The van der Waals surface area contributed by atoms with E-state index >= 15 is 0 Å². The molecule has 5 heterocycles. The molecule has 9 rings (SSSR count). The molecule has 63 heavy (non-hydrogen) atoms. The van der Waals surface area contributed by atoms with Gasteiger partial charge in [0.05, 0.1) is 31.0 Å². The van der Waals surface area contributed by atoms with Gasteiger partial charge in [0.25, 0.3) is 0 Å². The van der Waals surface area contributed by atoms with E-state index in [0.29, 0.717) is 37.0 Å². The molecule has 8 fully saturated rings. The van der Waals surface area contributed by atoms with Crippen molar-refractivity contribution < 1.29 is 89.0 Å². The maximum atomic E-state index is 12.0. The van der Waals surface area contributed by atoms with Crippen LogP contribution in [0.3, 0.4) is 0 Å². The maximum Gasteiger partial charge on any atom is 0.200 e. The average Bonchev–Trinajstić information content (AvgIpc) is 3.70. The summed E-state index contributed by atoms with van der Waals surface area (Å²) in [6.07, 6.45) is -15.4. The summed E-state index contributed by atoms with van der Waals surface area (Å²) in [7, 11) is 0. The molecular weight excluding hydrogens is 828 g/mol. The second-order valence-electron chi connectivity index (χ2n) is 21.3. The molecule has 0 bridgehead atoms. The van der Waals surface area contributed by atoms with E-state index in [4.69, 9.17) is 37.9 Å². The summed E-state index contributed by atoms with van der Waals surface area (Å²) in [5.41, 5.74) is 1.17. The molecule has 3 saturated carbocycles. The molecule has 360 valence electrons. The minimum absolute atomic E-state index is 0.0189. The van der Waals surface area contributed by atoms with Gasteiger partial charge in [-0.3, -0.25) is 0 Å². The lowest BCUT2D eigenvalue weighted by atomic mass is 9.47. The quantitative estimate of drug-likeness (QED) is 0.145. The highest BCUT2D eigenvalue weighted by atomic mass is 16.8. The van der Waals surface area contributed by atoms with Crippen molar-refractivity contribution in [2.24, 2.45) is 46.3 Å². The molecule has 18 nitrogen and oxygen atoms in total. The van der Waals surface area contributed by atoms with Crippen molar-refractivity contribution in [3.05, 3.63) is 11.6 Å². The summed E-state index contributed by atoms with van der Waals surface area (Å²) in [6.45, 7) is 11.1. The topological polar surface area (TPSA) is 276 Å². The molecule has 0 aromatic rings. The van der Waals surface area contributed by atoms with Crippen molar-refractivity contribution in [3.63, 3.8) is 0 Å². The van der Waals surface area contributed by atoms with E-state index in [2.05, 4.69) is 26.8 Å². The fourth-order valence-corrected chi connectivity index (χ4v) is 14.1. The molecule has 1 spiro atoms. The Bertz CT molecular complexity index is 1670. The molecule has 10 N–H and O–H groups in total. The Morgan fingerprint density at radius 3 is 1.94 bits per heavy atom. The van der Waals surface area contributed by atoms with E-state index in [9.17, 15) is 51.1 Å². The van der Waals surface area contributed by atoms with Gasteiger partial charge in [-0.25, -0.2) is 0 Å². The fourth-order valence-electron chi connectivity index (χ4n) is 14.1. The first-order chi connectivity index (χ1) is 29.7. The Labute approximate surface area is 368 Å². The third-order valence-electron chi connectivity index (χ3n) is 17.8. The first-order valence-electron chi connectivity index (χ1n) is 23.4. The van der Waals surface area contributed by atoms with Crippen molar-refractivity contribution in [2.75, 3.05) is 6.61 Å². The van der Waals surface area contributed by atoms with Gasteiger partial charge in [0, 0.05) is 11.8 Å². The minimum Gasteiger partial charge on any atom is -0.394 e. The van der Waals surface area contributed by atoms with Crippen LogP contribution >= 0.6 is 0 Å². The van der Waals surface area contributed by atoms with Gasteiger partial charge in [-0.1, -0.05) is 39.3 Å². The lowest BCUT2D eigenvalue weighted by Gasteiger charge is -2.59. The molecule has 18 heteroatoms. The molecule has 0 amide bonds. The van der Waals surface area contributed by atoms with Crippen LogP contribution in [0.5, 0.6) is 0 Å².